The van der Waals surface area contributed by atoms with Gasteiger partial charge in [-0.1, -0.05) is 48.2 Å². The number of carbonyl (C=O) groups is 1. The Morgan fingerprint density at radius 1 is 1.15 bits per heavy atom. The van der Waals surface area contributed by atoms with Gasteiger partial charge in [0.15, 0.2) is 22.2 Å². The number of benzene rings is 2. The zero-order chi connectivity index (χ0) is 24.1. The van der Waals surface area contributed by atoms with Crippen molar-refractivity contribution in [3.05, 3.63) is 70.9 Å². The van der Waals surface area contributed by atoms with Gasteiger partial charge in [-0.25, -0.2) is 4.98 Å². The minimum absolute atomic E-state index is 0.134. The normalized spacial score (nSPS) is 11.9. The molecule has 1 atom stereocenters. The number of carbonyl (C=O) groups excluding carboxylic acids is 1. The van der Waals surface area contributed by atoms with E-state index in [-0.39, 0.29) is 17.8 Å². The first-order valence-corrected chi connectivity index (χ1v) is 12.9. The van der Waals surface area contributed by atoms with Gasteiger partial charge in [0.2, 0.25) is 5.91 Å². The van der Waals surface area contributed by atoms with Gasteiger partial charge in [0.05, 0.1) is 11.4 Å². The Hall–Kier alpha value is -3.17. The summed E-state index contributed by atoms with van der Waals surface area (Å²) in [6, 6.07) is 15.9. The third kappa shape index (κ3) is 5.66. The molecule has 176 valence electrons. The first kappa shape index (κ1) is 24.0. The van der Waals surface area contributed by atoms with E-state index in [9.17, 15) is 4.79 Å². The molecule has 2 aromatic carbocycles. The Morgan fingerprint density at radius 3 is 2.68 bits per heavy atom. The van der Waals surface area contributed by atoms with Gasteiger partial charge in [0.1, 0.15) is 5.75 Å². The van der Waals surface area contributed by atoms with Gasteiger partial charge in [-0.3, -0.25) is 4.79 Å². The summed E-state index contributed by atoms with van der Waals surface area (Å²) >= 11 is 2.76. The largest absolute Gasteiger partial charge is 0.483 e. The number of rotatable bonds is 9. The van der Waals surface area contributed by atoms with E-state index in [1.807, 2.05) is 72.3 Å². The number of thioether (sulfide) groups is 1. The molecule has 1 N–H and O–H groups in total. The highest BCUT2D eigenvalue weighted by Crippen LogP contribution is 2.27. The second-order valence-electron chi connectivity index (χ2n) is 7.83. The van der Waals surface area contributed by atoms with Crippen LogP contribution in [0.4, 0.5) is 5.13 Å². The number of hydrogen-bond donors (Lipinski definition) is 1. The molecule has 0 aliphatic rings. The van der Waals surface area contributed by atoms with Crippen LogP contribution in [0.15, 0.2) is 59.1 Å². The van der Waals surface area contributed by atoms with Gasteiger partial charge in [-0.05, 0) is 51.0 Å². The average molecular weight is 494 g/mol. The van der Waals surface area contributed by atoms with Crippen molar-refractivity contribution in [1.82, 2.24) is 19.7 Å². The van der Waals surface area contributed by atoms with E-state index in [4.69, 9.17) is 4.74 Å². The van der Waals surface area contributed by atoms with Crippen molar-refractivity contribution in [2.24, 2.45) is 0 Å². The first-order chi connectivity index (χ1) is 16.4. The van der Waals surface area contributed by atoms with Crippen LogP contribution in [0.2, 0.25) is 0 Å². The van der Waals surface area contributed by atoms with Crippen molar-refractivity contribution in [2.45, 2.75) is 45.5 Å². The topological polar surface area (TPSA) is 81.9 Å². The molecule has 9 heteroatoms. The van der Waals surface area contributed by atoms with Gasteiger partial charge in [0.25, 0.3) is 0 Å². The zero-order valence-corrected chi connectivity index (χ0v) is 21.2. The molecule has 0 aliphatic carbocycles. The molecule has 7 nitrogen and oxygen atoms in total. The number of nitrogens with one attached hydrogen (secondary N) is 1. The number of amides is 1. The predicted molar refractivity (Wildman–Crippen MR) is 138 cm³/mol. The number of nitrogens with zero attached hydrogens (tertiary/aromatic N) is 4. The van der Waals surface area contributed by atoms with Crippen LogP contribution in [0.5, 0.6) is 5.75 Å². The summed E-state index contributed by atoms with van der Waals surface area (Å²) in [4.78, 5) is 17.0. The van der Waals surface area contributed by atoms with Crippen LogP contribution in [-0.2, 0) is 11.3 Å². The van der Waals surface area contributed by atoms with Crippen LogP contribution in [-0.4, -0.2) is 31.4 Å². The number of aryl methyl sites for hydroxylation is 2. The fraction of sp³-hybridized carbons (Fsp3) is 0.280. The summed E-state index contributed by atoms with van der Waals surface area (Å²) < 4.78 is 8.10. The summed E-state index contributed by atoms with van der Waals surface area (Å²) in [6.45, 7) is 8.81. The van der Waals surface area contributed by atoms with Gasteiger partial charge in [0, 0.05) is 17.5 Å². The van der Waals surface area contributed by atoms with Gasteiger partial charge in [-0.2, -0.15) is 0 Å². The predicted octanol–water partition coefficient (Wildman–Crippen LogP) is 5.91. The first-order valence-electron chi connectivity index (χ1n) is 11.0. The zero-order valence-electron chi connectivity index (χ0n) is 19.6. The molecule has 4 aromatic rings. The summed E-state index contributed by atoms with van der Waals surface area (Å²) in [5, 5.41) is 14.7. The maximum absolute atomic E-state index is 12.5. The standard InChI is InChI=1S/C25H27N5O2S2/c1-5-30-23(18(4)32-20-12-11-16(2)17(3)13-20)28-29-25(30)34-15-22(31)27-24-26-21(14-33-24)19-9-7-6-8-10-19/h6-14,18H,5,15H2,1-4H3,(H,26,27,31). The molecule has 0 saturated heterocycles. The molecule has 34 heavy (non-hydrogen) atoms. The molecule has 0 aliphatic heterocycles. The Balaban J connectivity index is 1.36. The van der Waals surface area contributed by atoms with Crippen molar-refractivity contribution >= 4 is 34.1 Å². The van der Waals surface area contributed by atoms with E-state index in [0.717, 1.165) is 22.8 Å². The van der Waals surface area contributed by atoms with E-state index in [1.54, 1.807) is 0 Å². The highest BCUT2D eigenvalue weighted by Gasteiger charge is 2.20. The Kier molecular flexibility index (Phi) is 7.64. The molecule has 4 rings (SSSR count). The van der Waals surface area contributed by atoms with Crippen molar-refractivity contribution in [3.63, 3.8) is 0 Å². The monoisotopic (exact) mass is 493 g/mol. The second kappa shape index (κ2) is 10.8. The molecule has 1 unspecified atom stereocenters. The summed E-state index contributed by atoms with van der Waals surface area (Å²) in [6.07, 6.45) is -0.274. The van der Waals surface area contributed by atoms with Crippen LogP contribution in [0, 0.1) is 13.8 Å². The second-order valence-corrected chi connectivity index (χ2v) is 9.63. The molecule has 0 fully saturated rings. The highest BCUT2D eigenvalue weighted by atomic mass is 32.2. The van der Waals surface area contributed by atoms with Crippen LogP contribution in [0.3, 0.4) is 0 Å². The molecule has 1 amide bonds. The van der Waals surface area contributed by atoms with Crippen molar-refractivity contribution in [1.29, 1.82) is 0 Å². The fourth-order valence-corrected chi connectivity index (χ4v) is 4.95. The molecule has 0 radical (unpaired) electrons. The molecule has 0 spiro atoms. The quantitative estimate of drug-likeness (QED) is 0.292. The molecule has 2 heterocycles. The van der Waals surface area contributed by atoms with E-state index in [1.165, 1.54) is 34.2 Å². The van der Waals surface area contributed by atoms with Crippen molar-refractivity contribution < 1.29 is 9.53 Å². The molecule has 2 aromatic heterocycles. The third-order valence-electron chi connectivity index (χ3n) is 5.37. The highest BCUT2D eigenvalue weighted by molar-refractivity contribution is 7.99. The molecule has 0 saturated carbocycles. The number of thiazole rings is 1. The third-order valence-corrected chi connectivity index (χ3v) is 7.09. The lowest BCUT2D eigenvalue weighted by Crippen LogP contribution is -2.15. The molecular weight excluding hydrogens is 466 g/mol. The van der Waals surface area contributed by atoms with Crippen molar-refractivity contribution in [3.8, 4) is 17.0 Å². The van der Waals surface area contributed by atoms with Crippen LogP contribution < -0.4 is 10.1 Å². The molecule has 0 bridgehead atoms. The number of ether oxygens (including phenoxy) is 1. The number of anilines is 1. The van der Waals surface area contributed by atoms with Gasteiger partial charge >= 0.3 is 0 Å². The lowest BCUT2D eigenvalue weighted by Gasteiger charge is -2.16. The van der Waals surface area contributed by atoms with E-state index < -0.39 is 0 Å². The SMILES string of the molecule is CCn1c(SCC(=O)Nc2nc(-c3ccccc3)cs2)nnc1C(C)Oc1ccc(C)c(C)c1. The summed E-state index contributed by atoms with van der Waals surface area (Å²) in [5.41, 5.74) is 4.28. The molecular formula is C25H27N5O2S2. The Labute approximate surface area is 207 Å². The van der Waals surface area contributed by atoms with Crippen LogP contribution >= 0.6 is 23.1 Å². The smallest absolute Gasteiger partial charge is 0.236 e. The van der Waals surface area contributed by atoms with E-state index in [2.05, 4.69) is 34.3 Å². The minimum atomic E-state index is -0.274. The Bertz CT molecular complexity index is 1270. The lowest BCUT2D eigenvalue weighted by molar-refractivity contribution is -0.113. The van der Waals surface area contributed by atoms with Crippen LogP contribution in [0.1, 0.15) is 36.9 Å². The number of hydrogen-bond acceptors (Lipinski definition) is 7. The Morgan fingerprint density at radius 2 is 1.94 bits per heavy atom. The average Bonchev–Trinajstić information content (AvgIpc) is 3.47. The fourth-order valence-electron chi connectivity index (χ4n) is 3.41. The van der Waals surface area contributed by atoms with E-state index in [0.29, 0.717) is 16.8 Å². The lowest BCUT2D eigenvalue weighted by atomic mass is 10.1. The summed E-state index contributed by atoms with van der Waals surface area (Å²) in [5.74, 6) is 1.61. The summed E-state index contributed by atoms with van der Waals surface area (Å²) in [7, 11) is 0. The van der Waals surface area contributed by atoms with Crippen LogP contribution in [0.25, 0.3) is 11.3 Å². The maximum atomic E-state index is 12.5. The maximum Gasteiger partial charge on any atom is 0.236 e. The van der Waals surface area contributed by atoms with E-state index >= 15 is 0 Å². The van der Waals surface area contributed by atoms with Gasteiger partial charge < -0.3 is 14.6 Å². The van der Waals surface area contributed by atoms with Crippen molar-refractivity contribution in [2.75, 3.05) is 11.1 Å². The van der Waals surface area contributed by atoms with Gasteiger partial charge in [-0.15, -0.1) is 21.5 Å². The minimum Gasteiger partial charge on any atom is -0.483 e. The number of aromatic nitrogens is 4.